The summed E-state index contributed by atoms with van der Waals surface area (Å²) in [4.78, 5) is 23.5. The standard InChI is InChI=1S/C14H16ClNO3/c1-3-4-5-12-14(18)16-11-7-9(15)6-10(8(2)17)13(11)19-12/h6-7,12H,3-5H2,1-2H3,(H,16,18). The molecule has 1 unspecified atom stereocenters. The van der Waals surface area contributed by atoms with Crippen LogP contribution in [0, 0.1) is 0 Å². The Labute approximate surface area is 117 Å². The monoisotopic (exact) mass is 281 g/mol. The van der Waals surface area contributed by atoms with Crippen LogP contribution < -0.4 is 10.1 Å². The van der Waals surface area contributed by atoms with Gasteiger partial charge in [0.05, 0.1) is 11.3 Å². The number of ether oxygens (including phenoxy) is 1. The van der Waals surface area contributed by atoms with E-state index in [9.17, 15) is 9.59 Å². The summed E-state index contributed by atoms with van der Waals surface area (Å²) in [5.41, 5.74) is 0.874. The van der Waals surface area contributed by atoms with E-state index in [0.717, 1.165) is 12.8 Å². The van der Waals surface area contributed by atoms with Gasteiger partial charge in [0.25, 0.3) is 5.91 Å². The third kappa shape index (κ3) is 2.89. The Morgan fingerprint density at radius 2 is 2.21 bits per heavy atom. The minimum absolute atomic E-state index is 0.135. The number of anilines is 1. The molecule has 0 fully saturated rings. The predicted octanol–water partition coefficient (Wildman–Crippen LogP) is 3.43. The van der Waals surface area contributed by atoms with Gasteiger partial charge in [0.15, 0.2) is 17.6 Å². The first-order chi connectivity index (χ1) is 9.02. The predicted molar refractivity (Wildman–Crippen MR) is 74.0 cm³/mol. The van der Waals surface area contributed by atoms with Crippen LogP contribution in [0.5, 0.6) is 5.75 Å². The highest BCUT2D eigenvalue weighted by Crippen LogP contribution is 2.37. The quantitative estimate of drug-likeness (QED) is 0.860. The molecule has 0 saturated heterocycles. The zero-order valence-corrected chi connectivity index (χ0v) is 11.7. The number of fused-ring (bicyclic) bond motifs is 1. The maximum atomic E-state index is 11.9. The minimum atomic E-state index is -0.535. The minimum Gasteiger partial charge on any atom is -0.478 e. The van der Waals surface area contributed by atoms with E-state index >= 15 is 0 Å². The molecule has 1 heterocycles. The lowest BCUT2D eigenvalue weighted by Gasteiger charge is -2.27. The zero-order valence-electron chi connectivity index (χ0n) is 11.0. The Balaban J connectivity index is 2.36. The van der Waals surface area contributed by atoms with Crippen molar-refractivity contribution in [2.45, 2.75) is 39.2 Å². The van der Waals surface area contributed by atoms with Crippen molar-refractivity contribution in [2.24, 2.45) is 0 Å². The van der Waals surface area contributed by atoms with Gasteiger partial charge < -0.3 is 10.1 Å². The summed E-state index contributed by atoms with van der Waals surface area (Å²) in [6.45, 7) is 3.50. The summed E-state index contributed by atoms with van der Waals surface area (Å²) in [5, 5.41) is 3.16. The number of carbonyl (C=O) groups is 2. The first kappa shape index (κ1) is 13.9. The van der Waals surface area contributed by atoms with E-state index in [0.29, 0.717) is 28.4 Å². The van der Waals surface area contributed by atoms with E-state index in [2.05, 4.69) is 12.2 Å². The summed E-state index contributed by atoms with van der Waals surface area (Å²) < 4.78 is 5.70. The third-order valence-corrected chi connectivity index (χ3v) is 3.28. The Hall–Kier alpha value is -1.55. The number of ketones is 1. The van der Waals surface area contributed by atoms with Crippen molar-refractivity contribution >= 4 is 29.0 Å². The van der Waals surface area contributed by atoms with Gasteiger partial charge in [0, 0.05) is 5.02 Å². The molecule has 0 aliphatic carbocycles. The smallest absolute Gasteiger partial charge is 0.265 e. The highest BCUT2D eigenvalue weighted by atomic mass is 35.5. The van der Waals surface area contributed by atoms with Crippen LogP contribution in [0.2, 0.25) is 5.02 Å². The number of halogens is 1. The van der Waals surface area contributed by atoms with Crippen LogP contribution in [-0.4, -0.2) is 17.8 Å². The Morgan fingerprint density at radius 1 is 1.47 bits per heavy atom. The second-order valence-electron chi connectivity index (χ2n) is 4.62. The molecular formula is C14H16ClNO3. The lowest BCUT2D eigenvalue weighted by atomic mass is 10.1. The molecule has 102 valence electrons. The molecule has 1 aromatic rings. The lowest BCUT2D eigenvalue weighted by molar-refractivity contribution is -0.123. The van der Waals surface area contributed by atoms with Crippen molar-refractivity contribution < 1.29 is 14.3 Å². The molecule has 1 aliphatic rings. The average molecular weight is 282 g/mol. The molecule has 5 heteroatoms. The first-order valence-electron chi connectivity index (χ1n) is 6.35. The molecule has 0 bridgehead atoms. The molecule has 0 radical (unpaired) electrons. The molecule has 1 N–H and O–H groups in total. The number of benzene rings is 1. The zero-order chi connectivity index (χ0) is 14.0. The molecule has 2 rings (SSSR count). The normalized spacial score (nSPS) is 17.4. The fraction of sp³-hybridized carbons (Fsp3) is 0.429. The van der Waals surface area contributed by atoms with Crippen molar-refractivity contribution in [2.75, 3.05) is 5.32 Å². The van der Waals surface area contributed by atoms with E-state index < -0.39 is 6.10 Å². The van der Waals surface area contributed by atoms with Gasteiger partial charge in [-0.15, -0.1) is 0 Å². The maximum Gasteiger partial charge on any atom is 0.265 e. The number of carbonyl (C=O) groups excluding carboxylic acids is 2. The number of rotatable bonds is 4. The number of hydrogen-bond acceptors (Lipinski definition) is 3. The van der Waals surface area contributed by atoms with Crippen molar-refractivity contribution in [3.8, 4) is 5.75 Å². The van der Waals surface area contributed by atoms with Crippen molar-refractivity contribution in [3.05, 3.63) is 22.7 Å². The Bertz CT molecular complexity index is 528. The van der Waals surface area contributed by atoms with Gasteiger partial charge in [-0.25, -0.2) is 0 Å². The van der Waals surface area contributed by atoms with Crippen LogP contribution in [0.4, 0.5) is 5.69 Å². The van der Waals surface area contributed by atoms with Crippen LogP contribution in [0.3, 0.4) is 0 Å². The van der Waals surface area contributed by atoms with E-state index in [-0.39, 0.29) is 11.7 Å². The average Bonchev–Trinajstić information content (AvgIpc) is 2.35. The second kappa shape index (κ2) is 5.61. The van der Waals surface area contributed by atoms with Gasteiger partial charge >= 0.3 is 0 Å². The molecule has 0 spiro atoms. The van der Waals surface area contributed by atoms with E-state index in [1.54, 1.807) is 12.1 Å². The number of Topliss-reactive ketones (excluding diaryl/α,β-unsaturated/α-hetero) is 1. The molecule has 1 amide bonds. The third-order valence-electron chi connectivity index (χ3n) is 3.06. The van der Waals surface area contributed by atoms with Gasteiger partial charge in [0.1, 0.15) is 0 Å². The summed E-state index contributed by atoms with van der Waals surface area (Å²) >= 11 is 5.93. The largest absolute Gasteiger partial charge is 0.478 e. The number of hydrogen-bond donors (Lipinski definition) is 1. The van der Waals surface area contributed by atoms with Crippen LogP contribution >= 0.6 is 11.6 Å². The van der Waals surface area contributed by atoms with Crippen LogP contribution in [0.1, 0.15) is 43.5 Å². The maximum absolute atomic E-state index is 11.9. The van der Waals surface area contributed by atoms with Crippen molar-refractivity contribution in [1.82, 2.24) is 0 Å². The first-order valence-corrected chi connectivity index (χ1v) is 6.72. The van der Waals surface area contributed by atoms with Crippen LogP contribution in [0.15, 0.2) is 12.1 Å². The number of amides is 1. The SMILES string of the molecule is CCCCC1Oc2c(cc(Cl)cc2C(C)=O)NC1=O. The van der Waals surface area contributed by atoms with Gasteiger partial charge in [0.2, 0.25) is 0 Å². The molecule has 4 nitrogen and oxygen atoms in total. The second-order valence-corrected chi connectivity index (χ2v) is 5.06. The number of unbranched alkanes of at least 4 members (excludes halogenated alkanes) is 1. The van der Waals surface area contributed by atoms with E-state index in [1.165, 1.54) is 6.92 Å². The van der Waals surface area contributed by atoms with Crippen LogP contribution in [-0.2, 0) is 4.79 Å². The van der Waals surface area contributed by atoms with E-state index in [4.69, 9.17) is 16.3 Å². The molecular weight excluding hydrogens is 266 g/mol. The fourth-order valence-corrected chi connectivity index (χ4v) is 2.28. The highest BCUT2D eigenvalue weighted by Gasteiger charge is 2.30. The molecule has 1 atom stereocenters. The van der Waals surface area contributed by atoms with Crippen molar-refractivity contribution in [1.29, 1.82) is 0 Å². The summed E-state index contributed by atoms with van der Waals surface area (Å²) in [6.07, 6.45) is 1.99. The topological polar surface area (TPSA) is 55.4 Å². The Morgan fingerprint density at radius 3 is 2.84 bits per heavy atom. The molecule has 1 aromatic carbocycles. The molecule has 1 aliphatic heterocycles. The number of nitrogens with one attached hydrogen (secondary N) is 1. The van der Waals surface area contributed by atoms with Crippen LogP contribution in [0.25, 0.3) is 0 Å². The molecule has 0 aromatic heterocycles. The summed E-state index contributed by atoms with van der Waals surface area (Å²) in [7, 11) is 0. The molecule has 0 saturated carbocycles. The molecule has 19 heavy (non-hydrogen) atoms. The highest BCUT2D eigenvalue weighted by molar-refractivity contribution is 6.31. The van der Waals surface area contributed by atoms with Gasteiger partial charge in [-0.3, -0.25) is 9.59 Å². The van der Waals surface area contributed by atoms with E-state index in [1.807, 2.05) is 0 Å². The fourth-order valence-electron chi connectivity index (χ4n) is 2.06. The summed E-state index contributed by atoms with van der Waals surface area (Å²) in [6, 6.07) is 3.16. The summed E-state index contributed by atoms with van der Waals surface area (Å²) in [5.74, 6) is 0.111. The Kier molecular flexibility index (Phi) is 4.10. The van der Waals surface area contributed by atoms with Crippen molar-refractivity contribution in [3.63, 3.8) is 0 Å². The lowest BCUT2D eigenvalue weighted by Crippen LogP contribution is -2.37. The van der Waals surface area contributed by atoms with Gasteiger partial charge in [-0.1, -0.05) is 24.9 Å². The van der Waals surface area contributed by atoms with Gasteiger partial charge in [-0.05, 0) is 31.9 Å². The van der Waals surface area contributed by atoms with Gasteiger partial charge in [-0.2, -0.15) is 0 Å².